The van der Waals surface area contributed by atoms with Gasteiger partial charge >= 0.3 is 0 Å². The zero-order valence-corrected chi connectivity index (χ0v) is 28.0. The zero-order valence-electron chi connectivity index (χ0n) is 28.0. The summed E-state index contributed by atoms with van der Waals surface area (Å²) in [5.41, 5.74) is 9.59. The Morgan fingerprint density at radius 1 is 0.383 bits per heavy atom. The summed E-state index contributed by atoms with van der Waals surface area (Å²) in [5.74, 6) is 0. The molecule has 0 aliphatic heterocycles. The fourth-order valence-corrected chi connectivity index (χ4v) is 7.60. The molecule has 0 saturated heterocycles. The van der Waals surface area contributed by atoms with Crippen molar-refractivity contribution < 1.29 is 4.42 Å². The molecule has 1 heteroatoms. The van der Waals surface area contributed by atoms with Crippen LogP contribution in [-0.2, 0) is 10.8 Å². The van der Waals surface area contributed by atoms with Gasteiger partial charge in [0, 0.05) is 10.8 Å². The van der Waals surface area contributed by atoms with Crippen LogP contribution in [0.1, 0.15) is 52.7 Å². The number of rotatable bonds is 2. The summed E-state index contributed by atoms with van der Waals surface area (Å²) in [6.45, 7) is 13.8. The minimum atomic E-state index is 0.0354. The lowest BCUT2D eigenvalue weighted by atomic mass is 9.81. The highest BCUT2D eigenvalue weighted by atomic mass is 16.3. The smallest absolute Gasteiger partial charge is 0.135 e. The highest BCUT2D eigenvalue weighted by molar-refractivity contribution is 6.25. The summed E-state index contributed by atoms with van der Waals surface area (Å²) in [7, 11) is 0. The van der Waals surface area contributed by atoms with Gasteiger partial charge < -0.3 is 4.42 Å². The van der Waals surface area contributed by atoms with Crippen molar-refractivity contribution in [2.24, 2.45) is 0 Å². The number of hydrogen-bond acceptors (Lipinski definition) is 1. The van der Waals surface area contributed by atoms with Gasteiger partial charge in [0.25, 0.3) is 0 Å². The van der Waals surface area contributed by atoms with Crippen molar-refractivity contribution in [3.05, 3.63) is 132 Å². The minimum Gasteiger partial charge on any atom is -0.456 e. The van der Waals surface area contributed by atoms with Gasteiger partial charge in [-0.15, -0.1) is 0 Å². The van der Waals surface area contributed by atoms with Crippen LogP contribution in [0.5, 0.6) is 0 Å². The first-order valence-electron chi connectivity index (χ1n) is 16.8. The van der Waals surface area contributed by atoms with Crippen LogP contribution in [0.25, 0.3) is 87.3 Å². The molecule has 0 spiro atoms. The fraction of sp³-hybridized carbons (Fsp3) is 0.174. The Morgan fingerprint density at radius 2 is 0.957 bits per heavy atom. The van der Waals surface area contributed by atoms with E-state index in [1.807, 2.05) is 0 Å². The van der Waals surface area contributed by atoms with E-state index in [0.29, 0.717) is 0 Å². The maximum atomic E-state index is 6.44. The molecule has 0 fully saturated rings. The first-order chi connectivity index (χ1) is 22.5. The first kappa shape index (κ1) is 28.1. The van der Waals surface area contributed by atoms with E-state index in [0.717, 1.165) is 21.9 Å². The van der Waals surface area contributed by atoms with Crippen LogP contribution in [0.2, 0.25) is 0 Å². The summed E-state index contributed by atoms with van der Waals surface area (Å²) in [6.07, 6.45) is 0. The fourth-order valence-electron chi connectivity index (χ4n) is 7.60. The Kier molecular flexibility index (Phi) is 5.79. The Labute approximate surface area is 275 Å². The topological polar surface area (TPSA) is 13.1 Å². The SMILES string of the molecule is CC(C)(C)c1cc(-c2ccc3oc4ccc(-c5ccc6ccc7cccc8ccc5c6c78)cc4c3c2)c2cc(C(C)(C)C)ccc2c1. The number of hydrogen-bond donors (Lipinski definition) is 0. The van der Waals surface area contributed by atoms with Crippen molar-refractivity contribution >= 4 is 65.0 Å². The molecule has 0 atom stereocenters. The molecular formula is C46H38O. The van der Waals surface area contributed by atoms with Crippen molar-refractivity contribution in [2.75, 3.05) is 0 Å². The lowest BCUT2D eigenvalue weighted by molar-refractivity contribution is 0.589. The molecule has 0 amide bonds. The van der Waals surface area contributed by atoms with Gasteiger partial charge in [0.05, 0.1) is 0 Å². The third-order valence-corrected chi connectivity index (χ3v) is 10.3. The minimum absolute atomic E-state index is 0.0354. The largest absolute Gasteiger partial charge is 0.456 e. The van der Waals surface area contributed by atoms with Crippen LogP contribution in [0.4, 0.5) is 0 Å². The molecule has 0 N–H and O–H groups in total. The summed E-state index contributed by atoms with van der Waals surface area (Å²) < 4.78 is 6.44. The zero-order chi connectivity index (χ0) is 32.2. The molecule has 47 heavy (non-hydrogen) atoms. The average molecular weight is 607 g/mol. The standard InChI is InChI=1S/C46H38O/c1-45(2,3)33-17-12-30-22-34(46(4,5)6)26-38(37(30)25-33)32-16-21-42-40(24-32)39-23-31(15-20-41(39)47-42)35-18-13-29-11-10-27-8-7-9-28-14-19-36(35)44(29)43(27)28/h7-26H,1-6H3. The molecule has 0 unspecified atom stereocenters. The molecule has 228 valence electrons. The molecule has 0 bridgehead atoms. The second-order valence-corrected chi connectivity index (χ2v) is 15.5. The van der Waals surface area contributed by atoms with E-state index in [1.54, 1.807) is 0 Å². The molecule has 0 saturated carbocycles. The molecule has 0 aliphatic carbocycles. The van der Waals surface area contributed by atoms with Crippen LogP contribution in [0, 0.1) is 0 Å². The molecule has 1 aromatic heterocycles. The lowest BCUT2D eigenvalue weighted by Gasteiger charge is -2.24. The molecule has 0 radical (unpaired) electrons. The summed E-state index contributed by atoms with van der Waals surface area (Å²) in [6, 6.07) is 45.5. The third-order valence-electron chi connectivity index (χ3n) is 10.3. The van der Waals surface area contributed by atoms with E-state index in [4.69, 9.17) is 4.42 Å². The van der Waals surface area contributed by atoms with Gasteiger partial charge in [0.2, 0.25) is 0 Å². The quantitative estimate of drug-likeness (QED) is 0.178. The third kappa shape index (κ3) is 4.37. The van der Waals surface area contributed by atoms with Gasteiger partial charge in [0.1, 0.15) is 11.2 Å². The molecule has 9 rings (SSSR count). The summed E-state index contributed by atoms with van der Waals surface area (Å²) in [5, 5.41) is 12.7. The molecule has 8 aromatic carbocycles. The predicted octanol–water partition coefficient (Wildman–Crippen LogP) is 13.6. The van der Waals surface area contributed by atoms with Crippen molar-refractivity contribution in [2.45, 2.75) is 52.4 Å². The Balaban J connectivity index is 1.26. The van der Waals surface area contributed by atoms with Crippen LogP contribution in [-0.4, -0.2) is 0 Å². The Morgan fingerprint density at radius 3 is 1.62 bits per heavy atom. The molecule has 1 heterocycles. The second kappa shape index (κ2) is 9.69. The number of furan rings is 1. The van der Waals surface area contributed by atoms with Crippen molar-refractivity contribution in [1.82, 2.24) is 0 Å². The molecular weight excluding hydrogens is 569 g/mol. The monoisotopic (exact) mass is 606 g/mol. The van der Waals surface area contributed by atoms with Crippen LogP contribution in [0.15, 0.2) is 126 Å². The first-order valence-corrected chi connectivity index (χ1v) is 16.8. The Hall–Kier alpha value is -5.14. The number of benzene rings is 8. The Bertz CT molecular complexity index is 2670. The van der Waals surface area contributed by atoms with Gasteiger partial charge in [-0.1, -0.05) is 133 Å². The highest BCUT2D eigenvalue weighted by Gasteiger charge is 2.21. The van der Waals surface area contributed by atoms with Crippen molar-refractivity contribution in [3.8, 4) is 22.3 Å². The van der Waals surface area contributed by atoms with E-state index in [1.165, 1.54) is 76.5 Å². The molecule has 1 nitrogen and oxygen atoms in total. The van der Waals surface area contributed by atoms with Gasteiger partial charge in [0.15, 0.2) is 0 Å². The van der Waals surface area contributed by atoms with Crippen LogP contribution in [0.3, 0.4) is 0 Å². The van der Waals surface area contributed by atoms with E-state index in [9.17, 15) is 0 Å². The maximum Gasteiger partial charge on any atom is 0.135 e. The average Bonchev–Trinajstić information content (AvgIpc) is 3.43. The van der Waals surface area contributed by atoms with E-state index in [-0.39, 0.29) is 10.8 Å². The number of fused-ring (bicyclic) bond motifs is 4. The van der Waals surface area contributed by atoms with Gasteiger partial charge in [-0.25, -0.2) is 0 Å². The van der Waals surface area contributed by atoms with Gasteiger partial charge in [-0.05, 0) is 118 Å². The normalized spacial score (nSPS) is 12.9. The van der Waals surface area contributed by atoms with E-state index < -0.39 is 0 Å². The van der Waals surface area contributed by atoms with E-state index >= 15 is 0 Å². The van der Waals surface area contributed by atoms with Crippen LogP contribution < -0.4 is 0 Å². The second-order valence-electron chi connectivity index (χ2n) is 15.5. The predicted molar refractivity (Wildman–Crippen MR) is 203 cm³/mol. The van der Waals surface area contributed by atoms with Crippen molar-refractivity contribution in [3.63, 3.8) is 0 Å². The van der Waals surface area contributed by atoms with E-state index in [2.05, 4.69) is 163 Å². The lowest BCUT2D eigenvalue weighted by Crippen LogP contribution is -2.12. The summed E-state index contributed by atoms with van der Waals surface area (Å²) >= 11 is 0. The highest BCUT2D eigenvalue weighted by Crippen LogP contribution is 2.43. The van der Waals surface area contributed by atoms with Crippen molar-refractivity contribution in [1.29, 1.82) is 0 Å². The maximum absolute atomic E-state index is 6.44. The van der Waals surface area contributed by atoms with Crippen LogP contribution >= 0.6 is 0 Å². The van der Waals surface area contributed by atoms with Gasteiger partial charge in [-0.2, -0.15) is 0 Å². The van der Waals surface area contributed by atoms with Gasteiger partial charge in [-0.3, -0.25) is 0 Å². The molecule has 0 aliphatic rings. The summed E-state index contributed by atoms with van der Waals surface area (Å²) in [4.78, 5) is 0. The molecule has 9 aromatic rings.